The summed E-state index contributed by atoms with van der Waals surface area (Å²) in [4.78, 5) is 3.03. The molecule has 3 N–H and O–H groups in total. The third-order valence-corrected chi connectivity index (χ3v) is 1.98. The number of nitrogen functional groups attached to an aromatic ring is 1. The van der Waals surface area contributed by atoms with Crippen molar-refractivity contribution < 1.29 is 4.40 Å². The van der Waals surface area contributed by atoms with Crippen molar-refractivity contribution in [3.63, 3.8) is 0 Å². The molecule has 0 aliphatic rings. The third-order valence-electron chi connectivity index (χ3n) is 1.54. The van der Waals surface area contributed by atoms with Crippen LogP contribution in [-0.2, 0) is 0 Å². The van der Waals surface area contributed by atoms with E-state index in [1.807, 2.05) is 29.1 Å². The van der Waals surface area contributed by atoms with Crippen LogP contribution in [0.3, 0.4) is 0 Å². The van der Waals surface area contributed by atoms with Crippen LogP contribution in [0.15, 0.2) is 29.1 Å². The quantitative estimate of drug-likeness (QED) is 0.632. The smallest absolute Gasteiger partial charge is 0.307 e. The summed E-state index contributed by atoms with van der Waals surface area (Å²) in [6.07, 6.45) is 5.71. The molecule has 0 aromatic carbocycles. The van der Waals surface area contributed by atoms with Crippen LogP contribution in [0.4, 0.5) is 5.69 Å². The van der Waals surface area contributed by atoms with Gasteiger partial charge in [-0.2, -0.15) is 0 Å². The number of nitrogens with one attached hydrogen (secondary N) is 1. The molecule has 0 radical (unpaired) electrons. The lowest BCUT2D eigenvalue weighted by atomic mass is 10.4. The minimum absolute atomic E-state index is 0.740. The van der Waals surface area contributed by atoms with Gasteiger partial charge in [0.1, 0.15) is 24.3 Å². The molecule has 0 unspecified atom stereocenters. The number of hydrogen-bond acceptors (Lipinski definition) is 1. The fraction of sp³-hybridized carbons (Fsp3) is 0. The second-order valence-corrected chi connectivity index (χ2v) is 3.25. The summed E-state index contributed by atoms with van der Waals surface area (Å²) in [6.45, 7) is 0. The highest BCUT2D eigenvalue weighted by Crippen LogP contribution is 2.13. The van der Waals surface area contributed by atoms with E-state index in [1.165, 1.54) is 0 Å². The zero-order chi connectivity index (χ0) is 7.84. The molecule has 3 nitrogen and oxygen atoms in total. The maximum absolute atomic E-state index is 5.72. The first-order valence-electron chi connectivity index (χ1n) is 3.21. The summed E-state index contributed by atoms with van der Waals surface area (Å²) in [7, 11) is 0. The number of hydrogen-bond donors (Lipinski definition) is 2. The number of fused-ring (bicyclic) bond motifs is 1. The summed E-state index contributed by atoms with van der Waals surface area (Å²) in [5.41, 5.74) is 7.38. The summed E-state index contributed by atoms with van der Waals surface area (Å²) in [5, 5.41) is 0. The van der Waals surface area contributed by atoms with E-state index in [1.54, 1.807) is 0 Å². The number of nitrogens with zero attached hydrogens (tertiary/aromatic N) is 1. The molecular formula is C7H7BrN3+. The Balaban J connectivity index is 2.91. The molecule has 0 bridgehead atoms. The number of rotatable bonds is 0. The van der Waals surface area contributed by atoms with Crippen molar-refractivity contribution in [3.8, 4) is 0 Å². The molecule has 2 aromatic heterocycles. The molecule has 0 aliphatic heterocycles. The van der Waals surface area contributed by atoms with Crippen LogP contribution < -0.4 is 10.1 Å². The number of aromatic amines is 1. The van der Waals surface area contributed by atoms with Crippen LogP contribution in [-0.4, -0.2) is 4.98 Å². The number of pyridine rings is 1. The lowest BCUT2D eigenvalue weighted by Gasteiger charge is -1.91. The van der Waals surface area contributed by atoms with E-state index < -0.39 is 0 Å². The van der Waals surface area contributed by atoms with Gasteiger partial charge in [-0.3, -0.25) is 0 Å². The third kappa shape index (κ3) is 0.991. The Bertz CT molecular complexity index is 393. The van der Waals surface area contributed by atoms with Gasteiger partial charge in [-0.1, -0.05) is 0 Å². The van der Waals surface area contributed by atoms with E-state index in [0.717, 1.165) is 15.8 Å². The van der Waals surface area contributed by atoms with Gasteiger partial charge in [-0.05, 0) is 22.0 Å². The molecule has 0 atom stereocenters. The Morgan fingerprint density at radius 2 is 2.36 bits per heavy atom. The van der Waals surface area contributed by atoms with Crippen LogP contribution >= 0.6 is 15.9 Å². The Morgan fingerprint density at radius 3 is 3.18 bits per heavy atom. The van der Waals surface area contributed by atoms with Crippen molar-refractivity contribution in [2.45, 2.75) is 0 Å². The van der Waals surface area contributed by atoms with E-state index in [-0.39, 0.29) is 0 Å². The monoisotopic (exact) mass is 212 g/mol. The first-order chi connectivity index (χ1) is 5.27. The highest BCUT2D eigenvalue weighted by atomic mass is 79.9. The van der Waals surface area contributed by atoms with Crippen LogP contribution in [0.2, 0.25) is 0 Å². The molecule has 0 aliphatic carbocycles. The van der Waals surface area contributed by atoms with Gasteiger partial charge in [0, 0.05) is 0 Å². The number of halogens is 1. The molecule has 2 rings (SSSR count). The normalized spacial score (nSPS) is 10.6. The number of imidazole rings is 1. The Labute approximate surface area is 72.0 Å². The number of anilines is 1. The highest BCUT2D eigenvalue weighted by molar-refractivity contribution is 9.10. The average molecular weight is 213 g/mol. The molecule has 0 amide bonds. The number of nitrogens with two attached hydrogens (primary N) is 1. The van der Waals surface area contributed by atoms with Crippen molar-refractivity contribution in [2.75, 3.05) is 5.73 Å². The minimum atomic E-state index is 0.740. The topological polar surface area (TPSA) is 45.9 Å². The van der Waals surface area contributed by atoms with E-state index >= 15 is 0 Å². The molecule has 0 saturated carbocycles. The van der Waals surface area contributed by atoms with Crippen molar-refractivity contribution in [3.05, 3.63) is 29.1 Å². The van der Waals surface area contributed by atoms with Gasteiger partial charge >= 0.3 is 5.65 Å². The van der Waals surface area contributed by atoms with Gasteiger partial charge in [0.15, 0.2) is 0 Å². The fourth-order valence-electron chi connectivity index (χ4n) is 1.07. The van der Waals surface area contributed by atoms with E-state index in [9.17, 15) is 0 Å². The summed E-state index contributed by atoms with van der Waals surface area (Å²) in [6, 6.07) is 1.87. The summed E-state index contributed by atoms with van der Waals surface area (Å²) in [5.74, 6) is 0. The van der Waals surface area contributed by atoms with E-state index in [0.29, 0.717) is 0 Å². The lowest BCUT2D eigenvalue weighted by molar-refractivity contribution is -0.510. The Kier molecular flexibility index (Phi) is 1.35. The average Bonchev–Trinajstić information content (AvgIpc) is 2.34. The van der Waals surface area contributed by atoms with Crippen molar-refractivity contribution >= 4 is 27.3 Å². The number of H-pyrrole nitrogens is 1. The predicted octanol–water partition coefficient (Wildman–Crippen LogP) is 1.10. The summed E-state index contributed by atoms with van der Waals surface area (Å²) < 4.78 is 2.91. The van der Waals surface area contributed by atoms with E-state index in [4.69, 9.17) is 5.73 Å². The molecule has 2 heterocycles. The molecule has 0 spiro atoms. The largest absolute Gasteiger partial charge is 0.392 e. The zero-order valence-corrected chi connectivity index (χ0v) is 7.30. The van der Waals surface area contributed by atoms with Gasteiger partial charge < -0.3 is 5.73 Å². The van der Waals surface area contributed by atoms with Crippen molar-refractivity contribution in [2.24, 2.45) is 0 Å². The Morgan fingerprint density at radius 1 is 1.55 bits per heavy atom. The highest BCUT2D eigenvalue weighted by Gasteiger charge is 2.06. The van der Waals surface area contributed by atoms with Crippen LogP contribution in [0, 0.1) is 0 Å². The molecule has 4 heteroatoms. The van der Waals surface area contributed by atoms with Crippen molar-refractivity contribution in [1.82, 2.24) is 4.98 Å². The van der Waals surface area contributed by atoms with Gasteiger partial charge in [-0.15, -0.1) is 0 Å². The molecular weight excluding hydrogens is 206 g/mol. The fourth-order valence-corrected chi connectivity index (χ4v) is 1.54. The first-order valence-corrected chi connectivity index (χ1v) is 4.00. The SMILES string of the molecule is Nc1cc(Br)c[n+]2cc[nH]c12. The molecule has 0 saturated heterocycles. The predicted molar refractivity (Wildman–Crippen MR) is 46.1 cm³/mol. The Hall–Kier alpha value is -1.03. The maximum Gasteiger partial charge on any atom is 0.307 e. The molecule has 0 fully saturated rings. The first kappa shape index (κ1) is 6.67. The second-order valence-electron chi connectivity index (χ2n) is 2.33. The van der Waals surface area contributed by atoms with Crippen LogP contribution in [0.1, 0.15) is 0 Å². The lowest BCUT2D eigenvalue weighted by Crippen LogP contribution is -2.18. The molecule has 2 aromatic rings. The van der Waals surface area contributed by atoms with Crippen molar-refractivity contribution in [1.29, 1.82) is 0 Å². The van der Waals surface area contributed by atoms with Crippen LogP contribution in [0.25, 0.3) is 5.65 Å². The number of aromatic nitrogens is 2. The maximum atomic E-state index is 5.72. The molecule has 56 valence electrons. The second kappa shape index (κ2) is 2.23. The van der Waals surface area contributed by atoms with Gasteiger partial charge in [0.05, 0.1) is 4.47 Å². The van der Waals surface area contributed by atoms with Crippen LogP contribution in [0.5, 0.6) is 0 Å². The van der Waals surface area contributed by atoms with Gasteiger partial charge in [-0.25, -0.2) is 9.38 Å². The standard InChI is InChI=1S/C7H6BrN3/c8-5-3-6(9)7-10-1-2-11(7)4-5/h1-4H,9H2/p+1. The van der Waals surface area contributed by atoms with Gasteiger partial charge in [0.25, 0.3) is 0 Å². The molecule has 11 heavy (non-hydrogen) atoms. The zero-order valence-electron chi connectivity index (χ0n) is 5.71. The minimum Gasteiger partial charge on any atom is -0.392 e. The summed E-state index contributed by atoms with van der Waals surface area (Å²) >= 11 is 3.35. The van der Waals surface area contributed by atoms with Gasteiger partial charge in [0.2, 0.25) is 0 Å². The van der Waals surface area contributed by atoms with E-state index in [2.05, 4.69) is 20.9 Å².